The van der Waals surface area contributed by atoms with Crippen molar-refractivity contribution in [2.75, 3.05) is 0 Å². The third-order valence-corrected chi connectivity index (χ3v) is 2.24. The molecule has 4 heteroatoms. The van der Waals surface area contributed by atoms with Crippen LogP contribution in [0.25, 0.3) is 10.9 Å². The van der Waals surface area contributed by atoms with Crippen LogP contribution in [0.5, 0.6) is 0 Å². The zero-order valence-electron chi connectivity index (χ0n) is 6.04. The molecule has 0 aromatic carbocycles. The fourth-order valence-electron chi connectivity index (χ4n) is 1.10. The van der Waals surface area contributed by atoms with E-state index >= 15 is 0 Å². The van der Waals surface area contributed by atoms with Crippen molar-refractivity contribution in [2.45, 2.75) is 0 Å². The second-order valence-corrected chi connectivity index (χ2v) is 3.28. The van der Waals surface area contributed by atoms with E-state index in [1.807, 2.05) is 0 Å². The van der Waals surface area contributed by atoms with Crippen molar-refractivity contribution in [3.05, 3.63) is 28.6 Å². The second kappa shape index (κ2) is 2.71. The van der Waals surface area contributed by atoms with Crippen LogP contribution in [0.15, 0.2) is 22.9 Å². The quantitative estimate of drug-likeness (QED) is 0.755. The Morgan fingerprint density at radius 1 is 1.50 bits per heavy atom. The van der Waals surface area contributed by atoms with E-state index < -0.39 is 0 Å². The Morgan fingerprint density at radius 2 is 2.33 bits per heavy atom. The molecule has 2 rings (SSSR count). The first-order valence-corrected chi connectivity index (χ1v) is 4.18. The number of rotatable bonds is 1. The van der Waals surface area contributed by atoms with Crippen molar-refractivity contribution in [3.8, 4) is 0 Å². The number of H-pyrrole nitrogens is 1. The van der Waals surface area contributed by atoms with Crippen LogP contribution >= 0.6 is 15.9 Å². The van der Waals surface area contributed by atoms with Gasteiger partial charge in [0.05, 0.1) is 15.7 Å². The molecule has 0 aliphatic rings. The van der Waals surface area contributed by atoms with Gasteiger partial charge in [0.25, 0.3) is 0 Å². The van der Waals surface area contributed by atoms with Gasteiger partial charge in [0.1, 0.15) is 0 Å². The summed E-state index contributed by atoms with van der Waals surface area (Å²) in [5.41, 5.74) is 1.48. The van der Waals surface area contributed by atoms with E-state index in [-0.39, 0.29) is 0 Å². The summed E-state index contributed by atoms with van der Waals surface area (Å²) in [6.07, 6.45) is 4.18. The molecule has 0 bridgehead atoms. The molecule has 60 valence electrons. The van der Waals surface area contributed by atoms with Crippen LogP contribution in [-0.2, 0) is 0 Å². The fourth-order valence-corrected chi connectivity index (χ4v) is 1.55. The molecule has 1 N–H and O–H groups in total. The first kappa shape index (κ1) is 7.49. The topological polar surface area (TPSA) is 45.8 Å². The van der Waals surface area contributed by atoms with Gasteiger partial charge >= 0.3 is 0 Å². The smallest absolute Gasteiger partial charge is 0.166 e. The Hall–Kier alpha value is -1.16. The van der Waals surface area contributed by atoms with Gasteiger partial charge < -0.3 is 4.98 Å². The average Bonchev–Trinajstić information content (AvgIpc) is 2.49. The molecule has 0 aliphatic carbocycles. The summed E-state index contributed by atoms with van der Waals surface area (Å²) in [6, 6.07) is 1.76. The van der Waals surface area contributed by atoms with E-state index in [0.29, 0.717) is 5.69 Å². The van der Waals surface area contributed by atoms with Crippen LogP contribution in [0.4, 0.5) is 0 Å². The highest BCUT2D eigenvalue weighted by molar-refractivity contribution is 9.10. The highest BCUT2D eigenvalue weighted by Crippen LogP contribution is 2.21. The van der Waals surface area contributed by atoms with Crippen LogP contribution in [0.1, 0.15) is 10.5 Å². The minimum atomic E-state index is 0.568. The lowest BCUT2D eigenvalue weighted by molar-refractivity contribution is 0.112. The predicted octanol–water partition coefficient (Wildman–Crippen LogP) is 2.14. The summed E-state index contributed by atoms with van der Waals surface area (Å²) < 4.78 is 0.869. The van der Waals surface area contributed by atoms with Gasteiger partial charge in [-0.25, -0.2) is 0 Å². The van der Waals surface area contributed by atoms with Crippen molar-refractivity contribution in [1.82, 2.24) is 9.97 Å². The second-order valence-electron chi connectivity index (χ2n) is 2.43. The number of nitrogens with one attached hydrogen (secondary N) is 1. The Bertz CT molecular complexity index is 436. The normalized spacial score (nSPS) is 10.4. The highest BCUT2D eigenvalue weighted by Gasteiger charge is 2.02. The molecule has 0 aliphatic heterocycles. The third-order valence-electron chi connectivity index (χ3n) is 1.64. The highest BCUT2D eigenvalue weighted by atomic mass is 79.9. The Labute approximate surface area is 76.9 Å². The lowest BCUT2D eigenvalue weighted by atomic mass is 10.3. The van der Waals surface area contributed by atoms with Crippen molar-refractivity contribution in [3.63, 3.8) is 0 Å². The van der Waals surface area contributed by atoms with Crippen molar-refractivity contribution >= 4 is 33.1 Å². The van der Waals surface area contributed by atoms with Gasteiger partial charge in [-0.15, -0.1) is 0 Å². The van der Waals surface area contributed by atoms with Gasteiger partial charge in [-0.05, 0) is 22.0 Å². The minimum absolute atomic E-state index is 0.568. The standard InChI is InChI=1S/C8H5BrN2O/c9-7-3-10-2-5-1-6(4-12)11-8(5)7/h1-4,11H. The monoisotopic (exact) mass is 224 g/mol. The molecule has 12 heavy (non-hydrogen) atoms. The summed E-state index contributed by atoms with van der Waals surface area (Å²) in [7, 11) is 0. The van der Waals surface area contributed by atoms with Crippen molar-refractivity contribution < 1.29 is 4.79 Å². The fraction of sp³-hybridized carbons (Fsp3) is 0. The van der Waals surface area contributed by atoms with E-state index in [9.17, 15) is 4.79 Å². The summed E-state index contributed by atoms with van der Waals surface area (Å²) in [5, 5.41) is 0.937. The summed E-state index contributed by atoms with van der Waals surface area (Å²) in [5.74, 6) is 0. The number of nitrogens with zero attached hydrogens (tertiary/aromatic N) is 1. The van der Waals surface area contributed by atoms with Crippen molar-refractivity contribution in [2.24, 2.45) is 0 Å². The minimum Gasteiger partial charge on any atom is -0.351 e. The van der Waals surface area contributed by atoms with E-state index in [4.69, 9.17) is 0 Å². The number of carbonyl (C=O) groups is 1. The van der Waals surface area contributed by atoms with Gasteiger partial charge in [0, 0.05) is 17.8 Å². The Balaban J connectivity index is 2.82. The van der Waals surface area contributed by atoms with E-state index in [0.717, 1.165) is 21.7 Å². The zero-order valence-corrected chi connectivity index (χ0v) is 7.63. The maximum atomic E-state index is 10.4. The van der Waals surface area contributed by atoms with Crippen LogP contribution in [0.3, 0.4) is 0 Å². The number of carbonyl (C=O) groups excluding carboxylic acids is 1. The number of aromatic nitrogens is 2. The first-order valence-electron chi connectivity index (χ1n) is 3.38. The lowest BCUT2D eigenvalue weighted by Crippen LogP contribution is -1.76. The lowest BCUT2D eigenvalue weighted by Gasteiger charge is -1.90. The number of aromatic amines is 1. The zero-order chi connectivity index (χ0) is 8.55. The number of fused-ring (bicyclic) bond motifs is 1. The molecule has 0 saturated heterocycles. The molecule has 0 saturated carbocycles. The number of hydrogen-bond acceptors (Lipinski definition) is 2. The maximum absolute atomic E-state index is 10.4. The van der Waals surface area contributed by atoms with E-state index in [1.165, 1.54) is 0 Å². The molecule has 0 fully saturated rings. The van der Waals surface area contributed by atoms with Crippen LogP contribution in [0, 0.1) is 0 Å². The molecule has 2 heterocycles. The molecule has 0 radical (unpaired) electrons. The maximum Gasteiger partial charge on any atom is 0.166 e. The van der Waals surface area contributed by atoms with E-state index in [2.05, 4.69) is 25.9 Å². The molecule has 0 spiro atoms. The number of halogens is 1. The Kier molecular flexibility index (Phi) is 1.69. The molecule has 3 nitrogen and oxygen atoms in total. The molecular weight excluding hydrogens is 220 g/mol. The van der Waals surface area contributed by atoms with Gasteiger partial charge in [-0.2, -0.15) is 0 Å². The molecule has 2 aromatic rings. The van der Waals surface area contributed by atoms with Gasteiger partial charge in [0.2, 0.25) is 0 Å². The largest absolute Gasteiger partial charge is 0.351 e. The molecule has 0 unspecified atom stereocenters. The number of hydrogen-bond donors (Lipinski definition) is 1. The van der Waals surface area contributed by atoms with Gasteiger partial charge in [0.15, 0.2) is 6.29 Å². The third kappa shape index (κ3) is 1.04. The van der Waals surface area contributed by atoms with Crippen LogP contribution < -0.4 is 0 Å². The Morgan fingerprint density at radius 3 is 3.00 bits per heavy atom. The van der Waals surface area contributed by atoms with Crippen LogP contribution in [-0.4, -0.2) is 16.3 Å². The summed E-state index contributed by atoms with van der Waals surface area (Å²) >= 11 is 3.33. The molecule has 0 atom stereocenters. The van der Waals surface area contributed by atoms with Gasteiger partial charge in [-0.1, -0.05) is 0 Å². The summed E-state index contributed by atoms with van der Waals surface area (Å²) in [4.78, 5) is 17.4. The van der Waals surface area contributed by atoms with E-state index in [1.54, 1.807) is 18.5 Å². The number of pyridine rings is 1. The molecule has 0 amide bonds. The summed E-state index contributed by atoms with van der Waals surface area (Å²) in [6.45, 7) is 0. The van der Waals surface area contributed by atoms with Gasteiger partial charge in [-0.3, -0.25) is 9.78 Å². The molecule has 2 aromatic heterocycles. The molecular formula is C8H5BrN2O. The first-order chi connectivity index (χ1) is 5.81. The van der Waals surface area contributed by atoms with Crippen LogP contribution in [0.2, 0.25) is 0 Å². The van der Waals surface area contributed by atoms with Crippen molar-refractivity contribution in [1.29, 1.82) is 0 Å². The SMILES string of the molecule is O=Cc1cc2cncc(Br)c2[nH]1. The number of aldehydes is 1. The average molecular weight is 225 g/mol. The predicted molar refractivity (Wildman–Crippen MR) is 49.2 cm³/mol.